The molecule has 0 radical (unpaired) electrons. The molecule has 3 aliphatic rings. The number of nitrogens with zero attached hydrogens (tertiary/aromatic N) is 1. The summed E-state index contributed by atoms with van der Waals surface area (Å²) in [5, 5.41) is 3.54. The molecular formula is C15H26N2O3S. The lowest BCUT2D eigenvalue weighted by atomic mass is 10.0. The second-order valence-corrected chi connectivity index (χ2v) is 10.3. The van der Waals surface area contributed by atoms with Crippen LogP contribution < -0.4 is 5.32 Å². The monoisotopic (exact) mass is 314 g/mol. The Balaban J connectivity index is 1.84. The van der Waals surface area contributed by atoms with Gasteiger partial charge in [0.1, 0.15) is 0 Å². The SMILES string of the molecule is CC(C)(CN1C(=O)C2(CC2)NC1C1CCCC1)S(C)(=O)=O. The van der Waals surface area contributed by atoms with Crippen LogP contribution in [0.3, 0.4) is 0 Å². The maximum absolute atomic E-state index is 12.7. The molecule has 5 nitrogen and oxygen atoms in total. The van der Waals surface area contributed by atoms with Crippen molar-refractivity contribution in [1.82, 2.24) is 10.2 Å². The molecule has 1 N–H and O–H groups in total. The Labute approximate surface area is 127 Å². The number of sulfone groups is 1. The number of nitrogens with one attached hydrogen (secondary N) is 1. The van der Waals surface area contributed by atoms with Crippen LogP contribution in [-0.4, -0.2) is 48.5 Å². The van der Waals surface area contributed by atoms with Crippen molar-refractivity contribution >= 4 is 15.7 Å². The summed E-state index contributed by atoms with van der Waals surface area (Å²) in [4.78, 5) is 14.6. The van der Waals surface area contributed by atoms with Gasteiger partial charge < -0.3 is 4.90 Å². The van der Waals surface area contributed by atoms with Gasteiger partial charge in [-0.05, 0) is 45.4 Å². The number of amides is 1. The van der Waals surface area contributed by atoms with Gasteiger partial charge >= 0.3 is 0 Å². The van der Waals surface area contributed by atoms with Gasteiger partial charge in [-0.15, -0.1) is 0 Å². The van der Waals surface area contributed by atoms with Gasteiger partial charge in [-0.3, -0.25) is 10.1 Å². The third kappa shape index (κ3) is 2.50. The maximum Gasteiger partial charge on any atom is 0.244 e. The first-order valence-corrected chi connectivity index (χ1v) is 9.84. The predicted molar refractivity (Wildman–Crippen MR) is 81.5 cm³/mol. The number of hydrogen-bond donors (Lipinski definition) is 1. The minimum Gasteiger partial charge on any atom is -0.324 e. The van der Waals surface area contributed by atoms with Crippen molar-refractivity contribution in [3.8, 4) is 0 Å². The average molecular weight is 314 g/mol. The molecule has 1 amide bonds. The first kappa shape index (κ1) is 15.3. The van der Waals surface area contributed by atoms with Gasteiger partial charge in [0.25, 0.3) is 0 Å². The molecule has 1 atom stereocenters. The van der Waals surface area contributed by atoms with Gasteiger partial charge in [-0.1, -0.05) is 12.8 Å². The van der Waals surface area contributed by atoms with Crippen LogP contribution in [-0.2, 0) is 14.6 Å². The van der Waals surface area contributed by atoms with Gasteiger partial charge in [0.2, 0.25) is 5.91 Å². The van der Waals surface area contributed by atoms with E-state index in [1.807, 2.05) is 4.90 Å². The van der Waals surface area contributed by atoms with Gasteiger partial charge in [-0.25, -0.2) is 8.42 Å². The van der Waals surface area contributed by atoms with Crippen molar-refractivity contribution in [3.05, 3.63) is 0 Å². The van der Waals surface area contributed by atoms with Crippen LogP contribution in [0.4, 0.5) is 0 Å². The van der Waals surface area contributed by atoms with Gasteiger partial charge in [-0.2, -0.15) is 0 Å². The lowest BCUT2D eigenvalue weighted by Crippen LogP contribution is -2.51. The Morgan fingerprint density at radius 1 is 1.29 bits per heavy atom. The third-order valence-corrected chi connectivity index (χ3v) is 7.72. The summed E-state index contributed by atoms with van der Waals surface area (Å²) in [6, 6.07) is 0. The Kier molecular flexibility index (Phi) is 3.41. The molecule has 0 bridgehead atoms. The number of carbonyl (C=O) groups excluding carboxylic acids is 1. The number of hydrogen-bond acceptors (Lipinski definition) is 4. The molecule has 1 heterocycles. The zero-order chi connectivity index (χ0) is 15.5. The van der Waals surface area contributed by atoms with E-state index in [9.17, 15) is 13.2 Å². The quantitative estimate of drug-likeness (QED) is 0.849. The van der Waals surface area contributed by atoms with Crippen LogP contribution in [0.5, 0.6) is 0 Å². The highest BCUT2D eigenvalue weighted by atomic mass is 32.2. The van der Waals surface area contributed by atoms with E-state index < -0.39 is 14.6 Å². The molecule has 1 aliphatic heterocycles. The fraction of sp³-hybridized carbons (Fsp3) is 0.933. The molecule has 1 saturated heterocycles. The highest BCUT2D eigenvalue weighted by Gasteiger charge is 2.61. The van der Waals surface area contributed by atoms with Crippen molar-refractivity contribution < 1.29 is 13.2 Å². The van der Waals surface area contributed by atoms with E-state index in [-0.39, 0.29) is 17.6 Å². The van der Waals surface area contributed by atoms with E-state index in [2.05, 4.69) is 5.32 Å². The lowest BCUT2D eigenvalue weighted by molar-refractivity contribution is -0.131. The van der Waals surface area contributed by atoms with Crippen LogP contribution in [0.15, 0.2) is 0 Å². The lowest BCUT2D eigenvalue weighted by Gasteiger charge is -2.34. The van der Waals surface area contributed by atoms with E-state index in [1.165, 1.54) is 19.1 Å². The van der Waals surface area contributed by atoms with E-state index in [0.717, 1.165) is 25.7 Å². The van der Waals surface area contributed by atoms with E-state index in [4.69, 9.17) is 0 Å². The van der Waals surface area contributed by atoms with Crippen LogP contribution in [0, 0.1) is 5.92 Å². The fourth-order valence-corrected chi connectivity index (χ4v) is 4.02. The molecule has 0 aromatic heterocycles. The van der Waals surface area contributed by atoms with Gasteiger partial charge in [0, 0.05) is 12.8 Å². The van der Waals surface area contributed by atoms with Crippen LogP contribution in [0.25, 0.3) is 0 Å². The summed E-state index contributed by atoms with van der Waals surface area (Å²) in [5.74, 6) is 0.598. The predicted octanol–water partition coefficient (Wildman–Crippen LogP) is 1.29. The second kappa shape index (κ2) is 4.69. The summed E-state index contributed by atoms with van der Waals surface area (Å²) in [7, 11) is -3.20. The number of carbonyl (C=O) groups is 1. The molecule has 0 aromatic rings. The molecule has 0 aromatic carbocycles. The van der Waals surface area contributed by atoms with Crippen molar-refractivity contribution in [2.75, 3.05) is 12.8 Å². The summed E-state index contributed by atoms with van der Waals surface area (Å²) in [6.07, 6.45) is 7.78. The third-order valence-electron chi connectivity index (χ3n) is 5.58. The normalized spacial score (nSPS) is 29.6. The van der Waals surface area contributed by atoms with Gasteiger partial charge in [0.15, 0.2) is 9.84 Å². The van der Waals surface area contributed by atoms with Crippen molar-refractivity contribution in [1.29, 1.82) is 0 Å². The zero-order valence-electron chi connectivity index (χ0n) is 13.2. The van der Waals surface area contributed by atoms with Crippen LogP contribution >= 0.6 is 0 Å². The van der Waals surface area contributed by atoms with Gasteiger partial charge in [0.05, 0.1) is 16.5 Å². The Bertz CT molecular complexity index is 545. The van der Waals surface area contributed by atoms with Crippen molar-refractivity contribution in [3.63, 3.8) is 0 Å². The number of rotatable bonds is 4. The average Bonchev–Trinajstić information content (AvgIpc) is 2.85. The summed E-state index contributed by atoms with van der Waals surface area (Å²) in [6.45, 7) is 3.74. The molecule has 2 saturated carbocycles. The largest absolute Gasteiger partial charge is 0.324 e. The minimum absolute atomic E-state index is 0.0310. The smallest absolute Gasteiger partial charge is 0.244 e. The summed E-state index contributed by atoms with van der Waals surface area (Å²) in [5.41, 5.74) is -0.360. The van der Waals surface area contributed by atoms with E-state index in [1.54, 1.807) is 13.8 Å². The van der Waals surface area contributed by atoms with Crippen molar-refractivity contribution in [2.24, 2.45) is 5.92 Å². The summed E-state index contributed by atoms with van der Waals surface area (Å²) >= 11 is 0. The molecule has 3 rings (SSSR count). The highest BCUT2D eigenvalue weighted by Crippen LogP contribution is 2.46. The Morgan fingerprint density at radius 3 is 2.33 bits per heavy atom. The van der Waals surface area contributed by atoms with E-state index in [0.29, 0.717) is 12.5 Å². The Hall–Kier alpha value is -0.620. The minimum atomic E-state index is -3.20. The first-order valence-electron chi connectivity index (χ1n) is 7.95. The van der Waals surface area contributed by atoms with Crippen molar-refractivity contribution in [2.45, 2.75) is 68.8 Å². The first-order chi connectivity index (χ1) is 9.66. The zero-order valence-corrected chi connectivity index (χ0v) is 14.0. The molecule has 6 heteroatoms. The topological polar surface area (TPSA) is 66.5 Å². The molecule has 3 fully saturated rings. The van der Waals surface area contributed by atoms with Crippen LogP contribution in [0.1, 0.15) is 52.4 Å². The highest BCUT2D eigenvalue weighted by molar-refractivity contribution is 7.92. The maximum atomic E-state index is 12.7. The molecule has 2 aliphatic carbocycles. The van der Waals surface area contributed by atoms with Crippen LogP contribution in [0.2, 0.25) is 0 Å². The molecule has 1 unspecified atom stereocenters. The second-order valence-electron chi connectivity index (χ2n) is 7.68. The Morgan fingerprint density at radius 2 is 1.86 bits per heavy atom. The molecule has 120 valence electrons. The molecule has 21 heavy (non-hydrogen) atoms. The standard InChI is InChI=1S/C15H26N2O3S/c1-14(2,21(3,19)20)10-17-12(11-6-4-5-7-11)16-15(8-9-15)13(17)18/h11-12,16H,4-10H2,1-3H3. The van der Waals surface area contributed by atoms with E-state index >= 15 is 0 Å². The fourth-order valence-electron chi connectivity index (χ4n) is 3.65. The molecule has 1 spiro atoms. The summed E-state index contributed by atoms with van der Waals surface area (Å²) < 4.78 is 23.1. The molecular weight excluding hydrogens is 288 g/mol.